The predicted octanol–water partition coefficient (Wildman–Crippen LogP) is 4.10. The van der Waals surface area contributed by atoms with Crippen molar-refractivity contribution in [2.24, 2.45) is 5.92 Å². The lowest BCUT2D eigenvalue weighted by atomic mass is 9.96. The Morgan fingerprint density at radius 3 is 2.54 bits per heavy atom. The molecule has 1 aromatic heterocycles. The van der Waals surface area contributed by atoms with E-state index in [0.29, 0.717) is 24.6 Å². The van der Waals surface area contributed by atoms with Crippen LogP contribution in [0.4, 0.5) is 8.78 Å². The van der Waals surface area contributed by atoms with E-state index in [1.807, 2.05) is 36.1 Å². The van der Waals surface area contributed by atoms with Gasteiger partial charge in [-0.15, -0.1) is 0 Å². The molecule has 0 radical (unpaired) electrons. The third-order valence-electron chi connectivity index (χ3n) is 5.27. The topological polar surface area (TPSA) is 34.5 Å². The van der Waals surface area contributed by atoms with E-state index in [0.717, 1.165) is 42.9 Å². The Morgan fingerprint density at radius 2 is 1.92 bits per heavy atom. The molecule has 0 aliphatic carbocycles. The van der Waals surface area contributed by atoms with Crippen molar-refractivity contribution in [1.82, 2.24) is 9.47 Å². The standard InChI is InChI=1S/C20H26F2N2O2/c1-14-18(19(25)26-3)16-6-4-5-7-17(16)24(14)12-15-8-10-23(11-9-15)13-20(2,21)22/h4-7,15H,8-13H2,1-3H3. The summed E-state index contributed by atoms with van der Waals surface area (Å²) in [7, 11) is 1.40. The number of ether oxygens (including phenoxy) is 1. The van der Waals surface area contributed by atoms with Gasteiger partial charge in [-0.05, 0) is 44.8 Å². The number of alkyl halides is 2. The van der Waals surface area contributed by atoms with Gasteiger partial charge in [0.25, 0.3) is 5.92 Å². The summed E-state index contributed by atoms with van der Waals surface area (Å²) in [5.41, 5.74) is 2.54. The van der Waals surface area contributed by atoms with Crippen molar-refractivity contribution < 1.29 is 18.3 Å². The van der Waals surface area contributed by atoms with Gasteiger partial charge in [0.15, 0.2) is 0 Å². The fourth-order valence-corrected chi connectivity index (χ4v) is 4.00. The SMILES string of the molecule is COC(=O)c1c(C)n(CC2CCN(CC(C)(F)F)CC2)c2ccccc12. The summed E-state index contributed by atoms with van der Waals surface area (Å²) in [6, 6.07) is 7.84. The van der Waals surface area contributed by atoms with Crippen LogP contribution in [0.2, 0.25) is 0 Å². The van der Waals surface area contributed by atoms with Gasteiger partial charge in [-0.3, -0.25) is 4.90 Å². The zero-order valence-corrected chi connectivity index (χ0v) is 15.6. The molecule has 0 saturated carbocycles. The summed E-state index contributed by atoms with van der Waals surface area (Å²) in [6.07, 6.45) is 1.77. The lowest BCUT2D eigenvalue weighted by molar-refractivity contribution is -0.0228. The van der Waals surface area contributed by atoms with Gasteiger partial charge >= 0.3 is 5.97 Å². The summed E-state index contributed by atoms with van der Waals surface area (Å²) in [6.45, 7) is 4.92. The van der Waals surface area contributed by atoms with Gasteiger partial charge in [0.1, 0.15) is 0 Å². The van der Waals surface area contributed by atoms with E-state index in [-0.39, 0.29) is 12.5 Å². The van der Waals surface area contributed by atoms with Gasteiger partial charge in [0.05, 0.1) is 19.2 Å². The second kappa shape index (κ2) is 7.35. The van der Waals surface area contributed by atoms with E-state index >= 15 is 0 Å². The Labute approximate surface area is 152 Å². The van der Waals surface area contributed by atoms with E-state index in [4.69, 9.17) is 4.74 Å². The van der Waals surface area contributed by atoms with Crippen LogP contribution in [0.15, 0.2) is 24.3 Å². The number of benzene rings is 1. The molecule has 0 unspecified atom stereocenters. The lowest BCUT2D eigenvalue weighted by Crippen LogP contribution is -2.41. The number of fused-ring (bicyclic) bond motifs is 1. The quantitative estimate of drug-likeness (QED) is 0.749. The number of nitrogens with zero attached hydrogens (tertiary/aromatic N) is 2. The van der Waals surface area contributed by atoms with Gasteiger partial charge in [-0.2, -0.15) is 0 Å². The monoisotopic (exact) mass is 364 g/mol. The minimum Gasteiger partial charge on any atom is -0.465 e. The summed E-state index contributed by atoms with van der Waals surface area (Å²) in [5, 5.41) is 0.903. The number of hydrogen-bond acceptors (Lipinski definition) is 3. The minimum absolute atomic E-state index is 0.169. The number of hydrogen-bond donors (Lipinski definition) is 0. The largest absolute Gasteiger partial charge is 0.465 e. The minimum atomic E-state index is -2.64. The molecule has 2 heterocycles. The molecule has 6 heteroatoms. The smallest absolute Gasteiger partial charge is 0.340 e. The van der Waals surface area contributed by atoms with Gasteiger partial charge in [-0.1, -0.05) is 18.2 Å². The van der Waals surface area contributed by atoms with E-state index in [9.17, 15) is 13.6 Å². The van der Waals surface area contributed by atoms with Crippen LogP contribution in [-0.4, -0.2) is 48.1 Å². The predicted molar refractivity (Wildman–Crippen MR) is 97.8 cm³/mol. The van der Waals surface area contributed by atoms with Gasteiger partial charge in [-0.25, -0.2) is 13.6 Å². The first-order valence-electron chi connectivity index (χ1n) is 9.06. The van der Waals surface area contributed by atoms with Crippen LogP contribution >= 0.6 is 0 Å². The molecule has 1 aliphatic heterocycles. The zero-order valence-electron chi connectivity index (χ0n) is 15.6. The molecule has 0 bridgehead atoms. The maximum absolute atomic E-state index is 13.2. The summed E-state index contributed by atoms with van der Waals surface area (Å²) in [4.78, 5) is 14.1. The van der Waals surface area contributed by atoms with Crippen LogP contribution in [0.3, 0.4) is 0 Å². The van der Waals surface area contributed by atoms with Crippen molar-refractivity contribution in [3.63, 3.8) is 0 Å². The number of esters is 1. The third-order valence-corrected chi connectivity index (χ3v) is 5.27. The molecule has 142 valence electrons. The number of halogens is 2. The van der Waals surface area contributed by atoms with E-state index in [2.05, 4.69) is 4.57 Å². The van der Waals surface area contributed by atoms with Crippen LogP contribution in [0, 0.1) is 12.8 Å². The highest BCUT2D eigenvalue weighted by molar-refractivity contribution is 6.05. The third kappa shape index (κ3) is 3.90. The number of likely N-dealkylation sites (tertiary alicyclic amines) is 1. The van der Waals surface area contributed by atoms with Crippen molar-refractivity contribution in [3.05, 3.63) is 35.5 Å². The normalized spacial score (nSPS) is 17.0. The maximum Gasteiger partial charge on any atom is 0.340 e. The first-order valence-corrected chi connectivity index (χ1v) is 9.06. The molecule has 3 rings (SSSR count). The van der Waals surface area contributed by atoms with Crippen molar-refractivity contribution in [3.8, 4) is 0 Å². The van der Waals surface area contributed by atoms with E-state index in [1.165, 1.54) is 7.11 Å². The maximum atomic E-state index is 13.2. The molecular formula is C20H26F2N2O2. The van der Waals surface area contributed by atoms with Crippen molar-refractivity contribution in [2.45, 2.75) is 39.2 Å². The van der Waals surface area contributed by atoms with Gasteiger partial charge in [0, 0.05) is 30.1 Å². The second-order valence-corrected chi connectivity index (χ2v) is 7.37. The average Bonchev–Trinajstić information content (AvgIpc) is 2.87. The van der Waals surface area contributed by atoms with Gasteiger partial charge < -0.3 is 9.30 Å². The Morgan fingerprint density at radius 1 is 1.27 bits per heavy atom. The molecule has 1 aromatic carbocycles. The van der Waals surface area contributed by atoms with Gasteiger partial charge in [0.2, 0.25) is 0 Å². The van der Waals surface area contributed by atoms with Crippen molar-refractivity contribution in [2.75, 3.05) is 26.7 Å². The van der Waals surface area contributed by atoms with Crippen LogP contribution < -0.4 is 0 Å². The van der Waals surface area contributed by atoms with Crippen LogP contribution in [0.1, 0.15) is 35.8 Å². The van der Waals surface area contributed by atoms with Crippen LogP contribution in [0.25, 0.3) is 10.9 Å². The van der Waals surface area contributed by atoms with Crippen molar-refractivity contribution >= 4 is 16.9 Å². The second-order valence-electron chi connectivity index (χ2n) is 7.37. The number of piperidine rings is 1. The number of para-hydroxylation sites is 1. The molecule has 2 aromatic rings. The molecule has 0 spiro atoms. The van der Waals surface area contributed by atoms with E-state index < -0.39 is 5.92 Å². The fraction of sp³-hybridized carbons (Fsp3) is 0.550. The fourth-order valence-electron chi connectivity index (χ4n) is 4.00. The number of methoxy groups -OCH3 is 1. The Balaban J connectivity index is 1.78. The van der Waals surface area contributed by atoms with Crippen LogP contribution in [0.5, 0.6) is 0 Å². The molecule has 4 nitrogen and oxygen atoms in total. The number of carbonyl (C=O) groups excluding carboxylic acids is 1. The highest BCUT2D eigenvalue weighted by atomic mass is 19.3. The Kier molecular flexibility index (Phi) is 5.32. The zero-order chi connectivity index (χ0) is 18.9. The molecule has 1 saturated heterocycles. The molecule has 26 heavy (non-hydrogen) atoms. The Hall–Kier alpha value is -1.95. The average molecular weight is 364 g/mol. The summed E-state index contributed by atoms with van der Waals surface area (Å²) in [5.74, 6) is -2.55. The molecule has 1 aliphatic rings. The Bertz CT molecular complexity index is 787. The molecule has 0 N–H and O–H groups in total. The number of carbonyl (C=O) groups is 1. The lowest BCUT2D eigenvalue weighted by Gasteiger charge is -2.33. The van der Waals surface area contributed by atoms with Crippen molar-refractivity contribution in [1.29, 1.82) is 0 Å². The number of aromatic nitrogens is 1. The molecule has 0 amide bonds. The first-order chi connectivity index (χ1) is 12.3. The van der Waals surface area contributed by atoms with E-state index in [1.54, 1.807) is 0 Å². The van der Waals surface area contributed by atoms with Crippen LogP contribution in [-0.2, 0) is 11.3 Å². The molecule has 0 atom stereocenters. The highest BCUT2D eigenvalue weighted by Crippen LogP contribution is 2.30. The first kappa shape index (κ1) is 18.8. The molecule has 1 fully saturated rings. The molecular weight excluding hydrogens is 338 g/mol. The number of rotatable bonds is 5. The summed E-state index contributed by atoms with van der Waals surface area (Å²) < 4.78 is 33.5. The summed E-state index contributed by atoms with van der Waals surface area (Å²) >= 11 is 0. The highest BCUT2D eigenvalue weighted by Gasteiger charge is 2.29.